The highest BCUT2D eigenvalue weighted by Crippen LogP contribution is 2.05. The van der Waals surface area contributed by atoms with Gasteiger partial charge < -0.3 is 8.85 Å². The Morgan fingerprint density at radius 1 is 0.933 bits per heavy atom. The molecular formula is C11H24ClO2Si. The predicted octanol–water partition coefficient (Wildman–Crippen LogP) is 3.74. The first-order chi connectivity index (χ1) is 7.35. The first kappa shape index (κ1) is 15.4. The maximum atomic E-state index is 5.75. The van der Waals surface area contributed by atoms with Gasteiger partial charge in [-0.05, 0) is 25.3 Å². The number of rotatable bonds is 11. The van der Waals surface area contributed by atoms with Crippen molar-refractivity contribution in [2.24, 2.45) is 0 Å². The van der Waals surface area contributed by atoms with E-state index in [4.69, 9.17) is 20.5 Å². The molecule has 0 aliphatic heterocycles. The van der Waals surface area contributed by atoms with E-state index in [0.717, 1.165) is 38.5 Å². The molecule has 91 valence electrons. The first-order valence-electron chi connectivity index (χ1n) is 6.02. The standard InChI is InChI=1S/C11H24ClO2Si/c1-3-5-9-13-15(11-7-8-12)14-10-6-4-2/h3-11H2,1-2H3. The Labute approximate surface area is 101 Å². The molecule has 0 heterocycles. The molecule has 0 aromatic rings. The lowest BCUT2D eigenvalue weighted by Gasteiger charge is -2.14. The molecule has 15 heavy (non-hydrogen) atoms. The molecule has 4 heteroatoms. The molecule has 0 aromatic heterocycles. The topological polar surface area (TPSA) is 18.5 Å². The number of hydrogen-bond acceptors (Lipinski definition) is 2. The second-order valence-corrected chi connectivity index (χ2v) is 5.77. The molecule has 0 atom stereocenters. The summed E-state index contributed by atoms with van der Waals surface area (Å²) in [6.45, 7) is 6.04. The zero-order chi connectivity index (χ0) is 11.4. The second kappa shape index (κ2) is 12.5. The van der Waals surface area contributed by atoms with Gasteiger partial charge in [-0.1, -0.05) is 26.7 Å². The van der Waals surface area contributed by atoms with Crippen LogP contribution in [0.3, 0.4) is 0 Å². The molecule has 0 unspecified atom stereocenters. The van der Waals surface area contributed by atoms with E-state index < -0.39 is 9.28 Å². The van der Waals surface area contributed by atoms with E-state index in [-0.39, 0.29) is 0 Å². The number of halogens is 1. The Kier molecular flexibility index (Phi) is 12.9. The van der Waals surface area contributed by atoms with Crippen LogP contribution in [0.25, 0.3) is 0 Å². The molecule has 0 bridgehead atoms. The molecule has 0 N–H and O–H groups in total. The fraction of sp³-hybridized carbons (Fsp3) is 1.00. The highest BCUT2D eigenvalue weighted by atomic mass is 35.5. The van der Waals surface area contributed by atoms with E-state index in [1.165, 1.54) is 12.8 Å². The minimum Gasteiger partial charge on any atom is -0.393 e. The zero-order valence-electron chi connectivity index (χ0n) is 10.1. The van der Waals surface area contributed by atoms with Crippen LogP contribution >= 0.6 is 11.6 Å². The van der Waals surface area contributed by atoms with Crippen molar-refractivity contribution in [3.8, 4) is 0 Å². The number of unbranched alkanes of at least 4 members (excludes halogenated alkanes) is 2. The Hall–Kier alpha value is 0.427. The maximum Gasteiger partial charge on any atom is 0.384 e. The van der Waals surface area contributed by atoms with Gasteiger partial charge in [0.15, 0.2) is 0 Å². The lowest BCUT2D eigenvalue weighted by Crippen LogP contribution is -2.24. The van der Waals surface area contributed by atoms with Gasteiger partial charge in [0, 0.05) is 19.1 Å². The van der Waals surface area contributed by atoms with Crippen molar-refractivity contribution in [1.29, 1.82) is 0 Å². The van der Waals surface area contributed by atoms with Gasteiger partial charge in [0.2, 0.25) is 0 Å². The molecule has 2 nitrogen and oxygen atoms in total. The van der Waals surface area contributed by atoms with Gasteiger partial charge in [-0.25, -0.2) is 0 Å². The summed E-state index contributed by atoms with van der Waals surface area (Å²) in [6, 6.07) is 1.02. The van der Waals surface area contributed by atoms with Crippen molar-refractivity contribution >= 4 is 20.9 Å². The highest BCUT2D eigenvalue weighted by Gasteiger charge is 2.14. The fourth-order valence-corrected chi connectivity index (χ4v) is 3.00. The maximum absolute atomic E-state index is 5.75. The summed E-state index contributed by atoms with van der Waals surface area (Å²) in [5.74, 6) is 0.711. The molecule has 0 amide bonds. The van der Waals surface area contributed by atoms with Crippen LogP contribution in [0, 0.1) is 0 Å². The summed E-state index contributed by atoms with van der Waals surface area (Å²) in [7, 11) is -1.04. The van der Waals surface area contributed by atoms with Gasteiger partial charge in [0.25, 0.3) is 0 Å². The normalized spacial score (nSPS) is 11.2. The van der Waals surface area contributed by atoms with Crippen molar-refractivity contribution in [3.63, 3.8) is 0 Å². The molecule has 0 spiro atoms. The Balaban J connectivity index is 3.53. The van der Waals surface area contributed by atoms with E-state index in [1.54, 1.807) is 0 Å². The Morgan fingerprint density at radius 2 is 1.47 bits per heavy atom. The van der Waals surface area contributed by atoms with Crippen molar-refractivity contribution in [3.05, 3.63) is 0 Å². The van der Waals surface area contributed by atoms with Crippen LogP contribution < -0.4 is 0 Å². The third-order valence-corrected chi connectivity index (χ3v) is 4.12. The van der Waals surface area contributed by atoms with Crippen LogP contribution in [0.4, 0.5) is 0 Å². The first-order valence-corrected chi connectivity index (χ1v) is 8.08. The summed E-state index contributed by atoms with van der Waals surface area (Å²) in [5.41, 5.74) is 0. The average molecular weight is 252 g/mol. The third-order valence-electron chi connectivity index (χ3n) is 2.04. The molecule has 1 radical (unpaired) electrons. The van der Waals surface area contributed by atoms with Crippen LogP contribution in [-0.2, 0) is 8.85 Å². The van der Waals surface area contributed by atoms with Gasteiger partial charge >= 0.3 is 9.28 Å². The summed E-state index contributed by atoms with van der Waals surface area (Å²) in [4.78, 5) is 0. The van der Waals surface area contributed by atoms with E-state index in [1.807, 2.05) is 0 Å². The van der Waals surface area contributed by atoms with Crippen LogP contribution in [0.1, 0.15) is 46.0 Å². The Morgan fingerprint density at radius 3 is 1.87 bits per heavy atom. The number of alkyl halides is 1. The van der Waals surface area contributed by atoms with E-state index >= 15 is 0 Å². The van der Waals surface area contributed by atoms with Gasteiger partial charge in [-0.15, -0.1) is 11.6 Å². The van der Waals surface area contributed by atoms with Crippen molar-refractivity contribution in [1.82, 2.24) is 0 Å². The van der Waals surface area contributed by atoms with Gasteiger partial charge in [-0.2, -0.15) is 0 Å². The molecule has 0 saturated carbocycles. The van der Waals surface area contributed by atoms with E-state index in [0.29, 0.717) is 5.88 Å². The minimum absolute atomic E-state index is 0.711. The molecule has 0 saturated heterocycles. The molecule has 0 aliphatic rings. The van der Waals surface area contributed by atoms with Crippen LogP contribution in [0.5, 0.6) is 0 Å². The van der Waals surface area contributed by atoms with Crippen molar-refractivity contribution in [2.75, 3.05) is 19.1 Å². The van der Waals surface area contributed by atoms with Gasteiger partial charge in [0.1, 0.15) is 0 Å². The number of hydrogen-bond donors (Lipinski definition) is 0. The average Bonchev–Trinajstić information content (AvgIpc) is 2.25. The molecule has 0 aliphatic carbocycles. The molecule has 0 fully saturated rings. The monoisotopic (exact) mass is 251 g/mol. The van der Waals surface area contributed by atoms with Crippen LogP contribution in [0.15, 0.2) is 0 Å². The quantitative estimate of drug-likeness (QED) is 0.316. The van der Waals surface area contributed by atoms with Gasteiger partial charge in [-0.3, -0.25) is 0 Å². The summed E-state index contributed by atoms with van der Waals surface area (Å²) >= 11 is 5.67. The van der Waals surface area contributed by atoms with Gasteiger partial charge in [0.05, 0.1) is 0 Å². The smallest absolute Gasteiger partial charge is 0.384 e. The molecule has 0 rings (SSSR count). The SMILES string of the molecule is CCCCO[Si](CCCCl)OCCCC. The lowest BCUT2D eigenvalue weighted by atomic mass is 10.4. The van der Waals surface area contributed by atoms with Crippen molar-refractivity contribution in [2.45, 2.75) is 52.0 Å². The summed E-state index contributed by atoms with van der Waals surface area (Å²) in [5, 5.41) is 0. The van der Waals surface area contributed by atoms with Crippen molar-refractivity contribution < 1.29 is 8.85 Å². The molecule has 0 aromatic carbocycles. The summed E-state index contributed by atoms with van der Waals surface area (Å²) < 4.78 is 11.5. The zero-order valence-corrected chi connectivity index (χ0v) is 11.8. The minimum atomic E-state index is -1.04. The van der Waals surface area contributed by atoms with E-state index in [9.17, 15) is 0 Å². The largest absolute Gasteiger partial charge is 0.393 e. The second-order valence-electron chi connectivity index (χ2n) is 3.57. The van der Waals surface area contributed by atoms with Crippen LogP contribution in [0.2, 0.25) is 6.04 Å². The lowest BCUT2D eigenvalue weighted by molar-refractivity contribution is 0.191. The van der Waals surface area contributed by atoms with Crippen LogP contribution in [-0.4, -0.2) is 28.4 Å². The predicted molar refractivity (Wildman–Crippen MR) is 67.6 cm³/mol. The summed E-state index contributed by atoms with van der Waals surface area (Å²) in [6.07, 6.45) is 5.63. The highest BCUT2D eigenvalue weighted by molar-refractivity contribution is 6.44. The Bertz CT molecular complexity index is 115. The fourth-order valence-electron chi connectivity index (χ4n) is 1.06. The van der Waals surface area contributed by atoms with E-state index in [2.05, 4.69) is 13.8 Å². The third kappa shape index (κ3) is 10.7. The molecular weight excluding hydrogens is 228 g/mol.